The van der Waals surface area contributed by atoms with Gasteiger partial charge >= 0.3 is 0 Å². The quantitative estimate of drug-likeness (QED) is 0.225. The van der Waals surface area contributed by atoms with Crippen molar-refractivity contribution < 1.29 is 17.9 Å². The van der Waals surface area contributed by atoms with Crippen LogP contribution in [0.5, 0.6) is 5.75 Å². The zero-order valence-corrected chi connectivity index (χ0v) is 21.3. The summed E-state index contributed by atoms with van der Waals surface area (Å²) in [4.78, 5) is 12.3. The molecule has 0 saturated carbocycles. The van der Waals surface area contributed by atoms with Gasteiger partial charge in [-0.25, -0.2) is 13.8 Å². The highest BCUT2D eigenvalue weighted by Crippen LogP contribution is 2.20. The van der Waals surface area contributed by atoms with Crippen LogP contribution in [-0.2, 0) is 21.4 Å². The van der Waals surface area contributed by atoms with Gasteiger partial charge in [-0.15, -0.1) is 0 Å². The number of hydrogen-bond acceptors (Lipinski definition) is 5. The number of ether oxygens (including phenoxy) is 1. The first-order chi connectivity index (χ1) is 15.7. The molecule has 0 aliphatic carbocycles. The van der Waals surface area contributed by atoms with Crippen LogP contribution in [0.25, 0.3) is 0 Å². The van der Waals surface area contributed by atoms with Crippen molar-refractivity contribution in [2.24, 2.45) is 5.10 Å². The second-order valence-corrected chi connectivity index (χ2v) is 10.5. The number of carbonyl (C=O) groups excluding carboxylic acids is 1. The summed E-state index contributed by atoms with van der Waals surface area (Å²) < 4.78 is 32.0. The van der Waals surface area contributed by atoms with Crippen LogP contribution in [0.2, 0.25) is 5.02 Å². The zero-order chi connectivity index (χ0) is 23.8. The number of benzene rings is 3. The van der Waals surface area contributed by atoms with Crippen LogP contribution in [0.4, 0.5) is 5.69 Å². The molecule has 33 heavy (non-hydrogen) atoms. The molecule has 3 aromatic carbocycles. The number of nitrogens with zero attached hydrogens (tertiary/aromatic N) is 2. The molecule has 1 amide bonds. The molecule has 172 valence electrons. The first kappa shape index (κ1) is 25.0. The number of rotatable bonds is 9. The predicted molar refractivity (Wildman–Crippen MR) is 139 cm³/mol. The molecule has 0 unspecified atom stereocenters. The van der Waals surface area contributed by atoms with Gasteiger partial charge in [-0.2, -0.15) is 5.10 Å². The van der Waals surface area contributed by atoms with Crippen molar-refractivity contribution in [2.75, 3.05) is 17.1 Å². The fourth-order valence-corrected chi connectivity index (χ4v) is 4.18. The summed E-state index contributed by atoms with van der Waals surface area (Å²) in [6.45, 7) is -0.0356. The minimum Gasteiger partial charge on any atom is -0.489 e. The summed E-state index contributed by atoms with van der Waals surface area (Å²) in [5.41, 5.74) is 4.39. The number of carbonyl (C=O) groups is 1. The van der Waals surface area contributed by atoms with Gasteiger partial charge in [0.1, 0.15) is 18.9 Å². The Kier molecular flexibility index (Phi) is 8.70. The Labute approximate surface area is 211 Å². The molecular formula is C23H21ClIN3O4S. The molecule has 0 bridgehead atoms. The Balaban J connectivity index is 1.54. The van der Waals surface area contributed by atoms with E-state index in [4.69, 9.17) is 16.3 Å². The standard InChI is InChI=1S/C23H21ClIN3O4S/c1-33(30,31)28(20-10-8-19(25)9-11-20)15-23(29)27-26-14-17-6-12-21(13-7-17)32-16-18-4-2-3-5-22(18)24/h2-14H,15-16H2,1H3,(H,27,29)/b26-14-. The molecule has 0 saturated heterocycles. The van der Waals surface area contributed by atoms with Crippen LogP contribution in [0, 0.1) is 3.57 Å². The molecule has 0 atom stereocenters. The Bertz CT molecular complexity index is 1230. The van der Waals surface area contributed by atoms with E-state index in [0.717, 1.165) is 25.3 Å². The average molecular weight is 598 g/mol. The highest BCUT2D eigenvalue weighted by atomic mass is 127. The van der Waals surface area contributed by atoms with Gasteiger partial charge < -0.3 is 4.74 Å². The van der Waals surface area contributed by atoms with Crippen LogP contribution in [0.3, 0.4) is 0 Å². The van der Waals surface area contributed by atoms with Gasteiger partial charge in [-0.1, -0.05) is 29.8 Å². The van der Waals surface area contributed by atoms with Crippen molar-refractivity contribution in [3.63, 3.8) is 0 Å². The molecule has 0 heterocycles. The molecule has 0 aromatic heterocycles. The third kappa shape index (κ3) is 7.72. The molecule has 0 radical (unpaired) electrons. The van der Waals surface area contributed by atoms with Gasteiger partial charge in [0.25, 0.3) is 5.91 Å². The maximum Gasteiger partial charge on any atom is 0.260 e. The van der Waals surface area contributed by atoms with Gasteiger partial charge in [0.15, 0.2) is 0 Å². The monoisotopic (exact) mass is 597 g/mol. The summed E-state index contributed by atoms with van der Waals surface area (Å²) in [6, 6.07) is 21.4. The smallest absolute Gasteiger partial charge is 0.260 e. The fourth-order valence-electron chi connectivity index (χ4n) is 2.78. The number of anilines is 1. The van der Waals surface area contributed by atoms with Crippen molar-refractivity contribution in [2.45, 2.75) is 6.61 Å². The average Bonchev–Trinajstić information content (AvgIpc) is 2.78. The first-order valence-corrected chi connectivity index (χ1v) is 13.0. The zero-order valence-electron chi connectivity index (χ0n) is 17.6. The number of hydrazone groups is 1. The topological polar surface area (TPSA) is 88.1 Å². The minimum atomic E-state index is -3.64. The van der Waals surface area contributed by atoms with Crippen LogP contribution >= 0.6 is 34.2 Å². The van der Waals surface area contributed by atoms with Gasteiger partial charge in [0, 0.05) is 14.2 Å². The van der Waals surface area contributed by atoms with E-state index in [1.54, 1.807) is 48.5 Å². The molecule has 0 aliphatic heterocycles. The number of amides is 1. The first-order valence-electron chi connectivity index (χ1n) is 9.74. The van der Waals surface area contributed by atoms with Crippen LogP contribution < -0.4 is 14.5 Å². The van der Waals surface area contributed by atoms with Crippen molar-refractivity contribution in [1.82, 2.24) is 5.43 Å². The number of halogens is 2. The maximum absolute atomic E-state index is 12.3. The SMILES string of the molecule is CS(=O)(=O)N(CC(=O)N/N=C\c1ccc(OCc2ccccc2Cl)cc1)c1ccc(I)cc1. The minimum absolute atomic E-state index is 0.348. The molecule has 10 heteroatoms. The molecule has 0 aliphatic rings. The third-order valence-electron chi connectivity index (χ3n) is 4.44. The lowest BCUT2D eigenvalue weighted by molar-refractivity contribution is -0.119. The van der Waals surface area contributed by atoms with E-state index in [9.17, 15) is 13.2 Å². The van der Waals surface area contributed by atoms with E-state index in [0.29, 0.717) is 23.1 Å². The van der Waals surface area contributed by atoms with Crippen molar-refractivity contribution in [1.29, 1.82) is 0 Å². The Hall–Kier alpha value is -2.63. The molecule has 0 fully saturated rings. The number of hydrogen-bond donors (Lipinski definition) is 1. The highest BCUT2D eigenvalue weighted by Gasteiger charge is 2.20. The Morgan fingerprint density at radius 1 is 1.09 bits per heavy atom. The van der Waals surface area contributed by atoms with Gasteiger partial charge in [0.2, 0.25) is 10.0 Å². The fraction of sp³-hybridized carbons (Fsp3) is 0.130. The van der Waals surface area contributed by atoms with Crippen LogP contribution in [0.15, 0.2) is 77.9 Å². The summed E-state index contributed by atoms with van der Waals surface area (Å²) in [5, 5.41) is 4.56. The van der Waals surface area contributed by atoms with Gasteiger partial charge in [-0.3, -0.25) is 9.10 Å². The summed E-state index contributed by atoms with van der Waals surface area (Å²) in [7, 11) is -3.64. The van der Waals surface area contributed by atoms with E-state index in [2.05, 4.69) is 33.1 Å². The predicted octanol–water partition coefficient (Wildman–Crippen LogP) is 4.44. The van der Waals surface area contributed by atoms with E-state index in [-0.39, 0.29) is 6.54 Å². The van der Waals surface area contributed by atoms with Crippen molar-refractivity contribution in [3.05, 3.63) is 92.5 Å². The van der Waals surface area contributed by atoms with Gasteiger partial charge in [0.05, 0.1) is 18.2 Å². The molecular weight excluding hydrogens is 577 g/mol. The number of sulfonamides is 1. The Morgan fingerprint density at radius 2 is 1.76 bits per heavy atom. The van der Waals surface area contributed by atoms with Crippen LogP contribution in [-0.4, -0.2) is 33.3 Å². The summed E-state index contributed by atoms with van der Waals surface area (Å²) in [5.74, 6) is 0.104. The maximum atomic E-state index is 12.3. The molecule has 3 rings (SSSR count). The number of nitrogens with one attached hydrogen (secondary N) is 1. The lowest BCUT2D eigenvalue weighted by Crippen LogP contribution is -2.39. The lowest BCUT2D eigenvalue weighted by Gasteiger charge is -2.21. The van der Waals surface area contributed by atoms with E-state index < -0.39 is 15.9 Å². The van der Waals surface area contributed by atoms with Crippen molar-refractivity contribution in [3.8, 4) is 5.75 Å². The van der Waals surface area contributed by atoms with Gasteiger partial charge in [-0.05, 0) is 82.8 Å². The molecule has 3 aromatic rings. The second-order valence-electron chi connectivity index (χ2n) is 6.99. The summed E-state index contributed by atoms with van der Waals surface area (Å²) in [6.07, 6.45) is 2.52. The second kappa shape index (κ2) is 11.5. The third-order valence-corrected chi connectivity index (χ3v) is 6.67. The van der Waals surface area contributed by atoms with E-state index in [1.807, 2.05) is 24.3 Å². The molecule has 7 nitrogen and oxygen atoms in total. The normalized spacial score (nSPS) is 11.4. The highest BCUT2D eigenvalue weighted by molar-refractivity contribution is 14.1. The largest absolute Gasteiger partial charge is 0.489 e. The lowest BCUT2D eigenvalue weighted by atomic mass is 10.2. The van der Waals surface area contributed by atoms with Crippen molar-refractivity contribution >= 4 is 62.0 Å². The van der Waals surface area contributed by atoms with E-state index >= 15 is 0 Å². The van der Waals surface area contributed by atoms with E-state index in [1.165, 1.54) is 6.21 Å². The van der Waals surface area contributed by atoms with Crippen LogP contribution in [0.1, 0.15) is 11.1 Å². The molecule has 0 spiro atoms. The Morgan fingerprint density at radius 3 is 2.39 bits per heavy atom. The molecule has 1 N–H and O–H groups in total. The summed E-state index contributed by atoms with van der Waals surface area (Å²) >= 11 is 8.25.